The minimum absolute atomic E-state index is 0.0509. The van der Waals surface area contributed by atoms with Gasteiger partial charge in [0.2, 0.25) is 0 Å². The zero-order valence-electron chi connectivity index (χ0n) is 7.50. The van der Waals surface area contributed by atoms with Crippen molar-refractivity contribution >= 4 is 6.29 Å². The molecule has 0 rings (SSSR count). The van der Waals surface area contributed by atoms with Crippen LogP contribution in [0.3, 0.4) is 0 Å². The third-order valence-electron chi connectivity index (χ3n) is 1.93. The maximum atomic E-state index is 10.6. The van der Waals surface area contributed by atoms with E-state index in [1.807, 2.05) is 39.0 Å². The van der Waals surface area contributed by atoms with Gasteiger partial charge >= 0.3 is 0 Å². The van der Waals surface area contributed by atoms with E-state index in [0.29, 0.717) is 0 Å². The summed E-state index contributed by atoms with van der Waals surface area (Å²) in [6, 6.07) is 0. The summed E-state index contributed by atoms with van der Waals surface area (Å²) >= 11 is 0. The first kappa shape index (κ1) is 10.2. The average Bonchev–Trinajstić information content (AvgIpc) is 2.00. The Labute approximate surface area is 68.8 Å². The van der Waals surface area contributed by atoms with Gasteiger partial charge in [0.15, 0.2) is 0 Å². The molecule has 0 radical (unpaired) electrons. The van der Waals surface area contributed by atoms with Gasteiger partial charge in [0.05, 0.1) is 0 Å². The lowest BCUT2D eigenvalue weighted by Gasteiger charge is -2.23. The Morgan fingerprint density at radius 1 is 1.45 bits per heavy atom. The number of carbonyl (C=O) groups excluding carboxylic acids is 1. The molecule has 0 aliphatic heterocycles. The monoisotopic (exact) mass is 152 g/mol. The van der Waals surface area contributed by atoms with Crippen molar-refractivity contribution in [3.8, 4) is 0 Å². The van der Waals surface area contributed by atoms with Gasteiger partial charge in [0.1, 0.15) is 6.29 Å². The Hall–Kier alpha value is -0.850. The number of hydrogen-bond acceptors (Lipinski definition) is 1. The topological polar surface area (TPSA) is 17.1 Å². The van der Waals surface area contributed by atoms with Gasteiger partial charge in [-0.05, 0) is 12.3 Å². The Balaban J connectivity index is 4.47. The molecule has 0 amide bonds. The highest BCUT2D eigenvalue weighted by atomic mass is 16.1. The zero-order chi connectivity index (χ0) is 8.91. The molecular weight excluding hydrogens is 136 g/mol. The quantitative estimate of drug-likeness (QED) is 0.447. The van der Waals surface area contributed by atoms with Crippen LogP contribution in [0.4, 0.5) is 0 Å². The van der Waals surface area contributed by atoms with Gasteiger partial charge in [-0.25, -0.2) is 0 Å². The number of allylic oxidation sites excluding steroid dienone is 3. The third-order valence-corrected chi connectivity index (χ3v) is 1.93. The van der Waals surface area contributed by atoms with Crippen LogP contribution in [0.5, 0.6) is 0 Å². The minimum atomic E-state index is -0.131. The van der Waals surface area contributed by atoms with Crippen molar-refractivity contribution in [1.29, 1.82) is 0 Å². The molecule has 1 unspecified atom stereocenters. The molecule has 1 nitrogen and oxygen atoms in total. The Bertz CT molecular complexity index is 166. The Morgan fingerprint density at radius 2 is 2.00 bits per heavy atom. The molecule has 62 valence electrons. The smallest absolute Gasteiger partial charge is 0.127 e. The Kier molecular flexibility index (Phi) is 3.80. The highest BCUT2D eigenvalue weighted by Gasteiger charge is 2.22. The van der Waals surface area contributed by atoms with E-state index in [9.17, 15) is 4.79 Å². The maximum absolute atomic E-state index is 10.6. The van der Waals surface area contributed by atoms with Crippen molar-refractivity contribution in [3.05, 3.63) is 24.8 Å². The van der Waals surface area contributed by atoms with Crippen molar-refractivity contribution in [3.63, 3.8) is 0 Å². The molecule has 0 saturated heterocycles. The molecule has 0 aliphatic carbocycles. The van der Waals surface area contributed by atoms with E-state index in [1.165, 1.54) is 0 Å². The summed E-state index contributed by atoms with van der Waals surface area (Å²) in [5, 5.41) is 0. The predicted octanol–water partition coefficient (Wildman–Crippen LogP) is 2.59. The van der Waals surface area contributed by atoms with Crippen LogP contribution >= 0.6 is 0 Å². The number of carbonyl (C=O) groups is 1. The first-order chi connectivity index (χ1) is 5.08. The van der Waals surface area contributed by atoms with E-state index in [0.717, 1.165) is 6.29 Å². The third kappa shape index (κ3) is 2.71. The highest BCUT2D eigenvalue weighted by Crippen LogP contribution is 2.27. The van der Waals surface area contributed by atoms with Gasteiger partial charge < -0.3 is 4.79 Å². The molecular formula is C10H16O. The van der Waals surface area contributed by atoms with Crippen molar-refractivity contribution in [2.75, 3.05) is 0 Å². The van der Waals surface area contributed by atoms with Crippen LogP contribution in [0.25, 0.3) is 0 Å². The fourth-order valence-electron chi connectivity index (χ4n) is 0.812. The van der Waals surface area contributed by atoms with Crippen LogP contribution in [-0.2, 0) is 4.79 Å². The lowest BCUT2D eigenvalue weighted by molar-refractivity contribution is -0.111. The number of hydrogen-bond donors (Lipinski definition) is 0. The van der Waals surface area contributed by atoms with Crippen LogP contribution in [0, 0.1) is 11.3 Å². The van der Waals surface area contributed by atoms with Crippen LogP contribution < -0.4 is 0 Å². The SMILES string of the molecule is C=CC(C)(C)C(C=O)/C=C/C. The summed E-state index contributed by atoms with van der Waals surface area (Å²) in [6.07, 6.45) is 6.56. The normalized spacial score (nSPS) is 14.8. The molecule has 0 fully saturated rings. The molecule has 0 bridgehead atoms. The minimum Gasteiger partial charge on any atom is -0.303 e. The van der Waals surface area contributed by atoms with E-state index in [2.05, 4.69) is 6.58 Å². The summed E-state index contributed by atoms with van der Waals surface area (Å²) < 4.78 is 0. The molecule has 0 spiro atoms. The largest absolute Gasteiger partial charge is 0.303 e. The summed E-state index contributed by atoms with van der Waals surface area (Å²) in [5.41, 5.74) is -0.131. The predicted molar refractivity (Wildman–Crippen MR) is 48.3 cm³/mol. The van der Waals surface area contributed by atoms with E-state index >= 15 is 0 Å². The lowest BCUT2D eigenvalue weighted by Crippen LogP contribution is -2.20. The average molecular weight is 152 g/mol. The molecule has 0 aliphatic rings. The molecule has 0 heterocycles. The first-order valence-electron chi connectivity index (χ1n) is 3.80. The van der Waals surface area contributed by atoms with Crippen molar-refractivity contribution in [2.45, 2.75) is 20.8 Å². The molecule has 0 aromatic heterocycles. The van der Waals surface area contributed by atoms with Gasteiger partial charge in [-0.15, -0.1) is 6.58 Å². The fourth-order valence-corrected chi connectivity index (χ4v) is 0.812. The van der Waals surface area contributed by atoms with Crippen LogP contribution in [-0.4, -0.2) is 6.29 Å². The molecule has 0 aromatic carbocycles. The van der Waals surface area contributed by atoms with Crippen LogP contribution in [0.1, 0.15) is 20.8 Å². The second-order valence-corrected chi connectivity index (χ2v) is 3.21. The molecule has 0 saturated carbocycles. The highest BCUT2D eigenvalue weighted by molar-refractivity contribution is 5.58. The standard InChI is InChI=1S/C10H16O/c1-5-7-9(8-11)10(3,4)6-2/h5-9H,2H2,1,3-4H3/b7-5+. The van der Waals surface area contributed by atoms with Crippen molar-refractivity contribution in [2.24, 2.45) is 11.3 Å². The van der Waals surface area contributed by atoms with Crippen molar-refractivity contribution < 1.29 is 4.79 Å². The molecule has 1 heteroatoms. The molecule has 0 N–H and O–H groups in total. The van der Waals surface area contributed by atoms with Crippen LogP contribution in [0.15, 0.2) is 24.8 Å². The van der Waals surface area contributed by atoms with E-state index in [-0.39, 0.29) is 11.3 Å². The Morgan fingerprint density at radius 3 is 2.27 bits per heavy atom. The second-order valence-electron chi connectivity index (χ2n) is 3.21. The summed E-state index contributed by atoms with van der Waals surface area (Å²) in [6.45, 7) is 9.60. The van der Waals surface area contributed by atoms with Gasteiger partial charge in [0, 0.05) is 5.92 Å². The van der Waals surface area contributed by atoms with Gasteiger partial charge in [-0.3, -0.25) is 0 Å². The molecule has 1 atom stereocenters. The number of aldehydes is 1. The van der Waals surface area contributed by atoms with E-state index < -0.39 is 0 Å². The van der Waals surface area contributed by atoms with Gasteiger partial charge in [-0.1, -0.05) is 32.1 Å². The van der Waals surface area contributed by atoms with E-state index in [4.69, 9.17) is 0 Å². The lowest BCUT2D eigenvalue weighted by atomic mass is 9.80. The first-order valence-corrected chi connectivity index (χ1v) is 3.80. The van der Waals surface area contributed by atoms with Gasteiger partial charge in [0.25, 0.3) is 0 Å². The molecule has 0 aromatic rings. The zero-order valence-corrected chi connectivity index (χ0v) is 7.50. The van der Waals surface area contributed by atoms with Crippen LogP contribution in [0.2, 0.25) is 0 Å². The second kappa shape index (κ2) is 4.12. The van der Waals surface area contributed by atoms with E-state index in [1.54, 1.807) is 0 Å². The summed E-state index contributed by atoms with van der Waals surface area (Å²) in [4.78, 5) is 10.6. The molecule has 11 heavy (non-hydrogen) atoms. The maximum Gasteiger partial charge on any atom is 0.127 e. The summed E-state index contributed by atoms with van der Waals surface area (Å²) in [5.74, 6) is -0.0509. The summed E-state index contributed by atoms with van der Waals surface area (Å²) in [7, 11) is 0. The fraction of sp³-hybridized carbons (Fsp3) is 0.500. The van der Waals surface area contributed by atoms with Gasteiger partial charge in [-0.2, -0.15) is 0 Å². The van der Waals surface area contributed by atoms with Crippen molar-refractivity contribution in [1.82, 2.24) is 0 Å². The number of rotatable bonds is 4.